The Morgan fingerprint density at radius 1 is 0.673 bits per heavy atom. The zero-order valence-corrected chi connectivity index (χ0v) is 34.4. The van der Waals surface area contributed by atoms with Crippen LogP contribution in [0.2, 0.25) is 17.3 Å². The Morgan fingerprint density at radius 2 is 1.37 bits per heavy atom. The van der Waals surface area contributed by atoms with Gasteiger partial charge in [0.1, 0.15) is 5.58 Å². The summed E-state index contributed by atoms with van der Waals surface area (Å²) < 4.78 is 39.3. The van der Waals surface area contributed by atoms with Crippen molar-refractivity contribution in [3.05, 3.63) is 163 Å². The summed E-state index contributed by atoms with van der Waals surface area (Å²) >= 11 is -1.91. The Hall–Kier alpha value is -4.61. The molecule has 0 spiro atoms. The second-order valence-electron chi connectivity index (χ2n) is 14.0. The molecule has 3 heterocycles. The summed E-state index contributed by atoms with van der Waals surface area (Å²) in [5.74, 6) is 6.33. The Kier molecular flexibility index (Phi) is 9.84. The van der Waals surface area contributed by atoms with Gasteiger partial charge in [-0.05, 0) is 40.2 Å². The summed E-state index contributed by atoms with van der Waals surface area (Å²) in [7, 11) is 0. The molecule has 0 unspecified atom stereocenters. The van der Waals surface area contributed by atoms with Crippen molar-refractivity contribution in [2.75, 3.05) is 0 Å². The van der Waals surface area contributed by atoms with Crippen molar-refractivity contribution in [1.29, 1.82) is 0 Å². The molecule has 0 aliphatic rings. The standard InChI is InChI=1S/C26H20NO.C21H22GeN.Ir/c1-17(2)19-12-13-27-24(14-19)21-9-11-23-22-10-8-20(18-6-4-3-5-7-18)15-25(22)28-26(23)16-21;1-16-10-11-18(14-20(16)17-8-6-5-7-9-17)21-13-12-19(15-23-21)22(2,3)4;/h3-8,10-17H,1-2H3;5-10,12-15H,1-4H3;/q2*-1;/i17D;1D3;. The number of aryl methyl sites for hydroxylation is 1. The van der Waals surface area contributed by atoms with Crippen LogP contribution in [0, 0.1) is 19.0 Å². The summed E-state index contributed by atoms with van der Waals surface area (Å²) in [4.78, 5) is 9.10. The fraction of sp³-hybridized carbons (Fsp3) is 0.149. The van der Waals surface area contributed by atoms with E-state index in [0.717, 1.165) is 61.1 Å². The van der Waals surface area contributed by atoms with E-state index in [2.05, 4.69) is 75.8 Å². The summed E-state index contributed by atoms with van der Waals surface area (Å²) in [5.41, 5.74) is 10.1. The number of hydrogen-bond donors (Lipinski definition) is 0. The second-order valence-corrected chi connectivity index (χ2v) is 24.6. The van der Waals surface area contributed by atoms with Crippen LogP contribution in [0.25, 0.3) is 66.7 Å². The van der Waals surface area contributed by atoms with Crippen LogP contribution in [0.4, 0.5) is 0 Å². The van der Waals surface area contributed by atoms with Crippen molar-refractivity contribution in [2.24, 2.45) is 0 Å². The summed E-state index contributed by atoms with van der Waals surface area (Å²) in [6, 6.07) is 48.1. The molecule has 1 radical (unpaired) electrons. The number of benzene rings is 5. The van der Waals surface area contributed by atoms with Crippen molar-refractivity contribution >= 4 is 39.6 Å². The molecular formula is C47H42GeIrN2O-2. The average Bonchev–Trinajstić information content (AvgIpc) is 3.55. The third-order valence-corrected chi connectivity index (χ3v) is 13.3. The van der Waals surface area contributed by atoms with Gasteiger partial charge >= 0.3 is 146 Å². The number of rotatable bonds is 6. The van der Waals surface area contributed by atoms with E-state index >= 15 is 0 Å². The molecule has 8 rings (SSSR count). The van der Waals surface area contributed by atoms with Crippen molar-refractivity contribution in [3.63, 3.8) is 0 Å². The third-order valence-electron chi connectivity index (χ3n) is 9.07. The Labute approximate surface area is 329 Å². The number of fused-ring (bicyclic) bond motifs is 3. The number of aromatic nitrogens is 2. The summed E-state index contributed by atoms with van der Waals surface area (Å²) in [6.07, 6.45) is 3.72. The van der Waals surface area contributed by atoms with E-state index in [1.807, 2.05) is 105 Å². The molecule has 8 aromatic rings. The van der Waals surface area contributed by atoms with Crippen LogP contribution >= 0.6 is 0 Å². The molecule has 52 heavy (non-hydrogen) atoms. The van der Waals surface area contributed by atoms with Crippen LogP contribution in [0.3, 0.4) is 0 Å². The second kappa shape index (κ2) is 16.0. The molecule has 0 bridgehead atoms. The number of nitrogens with zero attached hydrogens (tertiary/aromatic N) is 2. The predicted octanol–water partition coefficient (Wildman–Crippen LogP) is 12.3. The van der Waals surface area contributed by atoms with Crippen molar-refractivity contribution < 1.29 is 30.0 Å². The minimum Gasteiger partial charge on any atom is 0 e. The zero-order chi connectivity index (χ0) is 39.0. The average molecular weight is 920 g/mol. The topological polar surface area (TPSA) is 38.9 Å². The minimum absolute atomic E-state index is 0. The quantitative estimate of drug-likeness (QED) is 0.123. The Balaban J connectivity index is 0.000000188. The van der Waals surface area contributed by atoms with E-state index in [1.165, 1.54) is 9.96 Å². The molecule has 5 heteroatoms. The van der Waals surface area contributed by atoms with Crippen LogP contribution in [-0.4, -0.2) is 23.2 Å². The smallest absolute Gasteiger partial charge is 0 e. The van der Waals surface area contributed by atoms with Crippen LogP contribution in [0.1, 0.15) is 36.4 Å². The van der Waals surface area contributed by atoms with Gasteiger partial charge in [0.05, 0.1) is 5.58 Å². The maximum Gasteiger partial charge on any atom is 0 e. The maximum atomic E-state index is 8.27. The molecule has 3 nitrogen and oxygen atoms in total. The SMILES string of the molecule is [2H]C(C)(C)c1ccnc(-c2[c-]cc3c(c2)oc2cc(-c4ccccc4)ccc23)c1.[2H]C([2H])([2H])c1c[c-]c(-c2cc[c]([Ge]([CH3])([CH3])[CH3])cn2)cc1-c1ccccc1.[Ir]. The van der Waals surface area contributed by atoms with Gasteiger partial charge in [0.15, 0.2) is 0 Å². The van der Waals surface area contributed by atoms with Crippen LogP contribution < -0.4 is 4.40 Å². The van der Waals surface area contributed by atoms with Gasteiger partial charge in [-0.2, -0.15) is 0 Å². The van der Waals surface area contributed by atoms with E-state index in [0.29, 0.717) is 11.1 Å². The van der Waals surface area contributed by atoms with Crippen molar-refractivity contribution in [3.8, 4) is 44.8 Å². The van der Waals surface area contributed by atoms with Gasteiger partial charge in [0.25, 0.3) is 0 Å². The molecule has 261 valence electrons. The van der Waals surface area contributed by atoms with Gasteiger partial charge in [-0.3, -0.25) is 0 Å². The van der Waals surface area contributed by atoms with Crippen molar-refractivity contribution in [2.45, 2.75) is 43.9 Å². The first-order valence-electron chi connectivity index (χ1n) is 19.1. The van der Waals surface area contributed by atoms with Crippen LogP contribution in [0.5, 0.6) is 0 Å². The summed E-state index contributed by atoms with van der Waals surface area (Å²) in [5, 5.41) is 2.12. The van der Waals surface area contributed by atoms with Crippen molar-refractivity contribution in [1.82, 2.24) is 9.97 Å². The molecule has 0 saturated carbocycles. The molecule has 0 fully saturated rings. The molecule has 0 atom stereocenters. The monoisotopic (exact) mass is 921 g/mol. The molecule has 0 aliphatic heterocycles. The summed E-state index contributed by atoms with van der Waals surface area (Å²) in [6.45, 7) is 1.57. The first kappa shape index (κ1) is 32.1. The molecule has 0 amide bonds. The molecular weight excluding hydrogens is 873 g/mol. The first-order valence-corrected chi connectivity index (χ1v) is 24.5. The van der Waals surface area contributed by atoms with E-state index in [4.69, 9.17) is 9.90 Å². The van der Waals surface area contributed by atoms with E-state index < -0.39 is 26.0 Å². The van der Waals surface area contributed by atoms with Gasteiger partial charge in [-0.1, -0.05) is 79.4 Å². The number of hydrogen-bond acceptors (Lipinski definition) is 3. The number of pyridine rings is 2. The Morgan fingerprint density at radius 3 is 2.04 bits per heavy atom. The molecule has 0 aliphatic carbocycles. The van der Waals surface area contributed by atoms with E-state index in [1.54, 1.807) is 12.3 Å². The maximum absolute atomic E-state index is 8.27. The van der Waals surface area contributed by atoms with Crippen LogP contribution in [-0.2, 0) is 20.1 Å². The fourth-order valence-electron chi connectivity index (χ4n) is 6.05. The normalized spacial score (nSPS) is 12.9. The Bertz CT molecular complexity index is 2590. The molecule has 5 aromatic carbocycles. The predicted molar refractivity (Wildman–Crippen MR) is 217 cm³/mol. The molecule has 3 aromatic heterocycles. The minimum atomic E-state index is -2.18. The third kappa shape index (κ3) is 8.21. The van der Waals surface area contributed by atoms with Crippen LogP contribution in [0.15, 0.2) is 144 Å². The van der Waals surface area contributed by atoms with Gasteiger partial charge in [-0.15, -0.1) is 17.7 Å². The van der Waals surface area contributed by atoms with Gasteiger partial charge in [0, 0.05) is 27.7 Å². The van der Waals surface area contributed by atoms with Gasteiger partial charge in [-0.25, -0.2) is 0 Å². The molecule has 0 saturated heterocycles. The van der Waals surface area contributed by atoms with E-state index in [9.17, 15) is 0 Å². The first-order chi connectivity index (χ1) is 26.1. The number of furan rings is 1. The van der Waals surface area contributed by atoms with Gasteiger partial charge < -0.3 is 9.40 Å². The molecule has 0 N–H and O–H groups in total. The fourth-order valence-corrected chi connectivity index (χ4v) is 8.23. The van der Waals surface area contributed by atoms with Gasteiger partial charge in [0.2, 0.25) is 0 Å². The van der Waals surface area contributed by atoms with E-state index in [-0.39, 0.29) is 20.1 Å². The zero-order valence-electron chi connectivity index (χ0n) is 33.9. The largest absolute Gasteiger partial charge is 0 e.